The minimum atomic E-state index is -0.0760. The standard InChI is InChI=1S/C16H18N2OS/c1-2-10-7-8-20-16(10)15(17)12-3-5-13-11(9-12)4-6-14(19)18-13/h3,5,7-9,15H,2,4,6,17H2,1H3,(H,18,19). The van der Waals surface area contributed by atoms with Crippen molar-refractivity contribution in [2.24, 2.45) is 5.73 Å². The molecule has 0 saturated heterocycles. The molecule has 2 heterocycles. The van der Waals surface area contributed by atoms with Crippen molar-refractivity contribution in [1.82, 2.24) is 0 Å². The molecule has 4 heteroatoms. The molecule has 3 N–H and O–H groups in total. The van der Waals surface area contributed by atoms with Gasteiger partial charge in [0.05, 0.1) is 6.04 Å². The maximum Gasteiger partial charge on any atom is 0.224 e. The topological polar surface area (TPSA) is 55.1 Å². The van der Waals surface area contributed by atoms with Crippen LogP contribution in [-0.2, 0) is 17.6 Å². The molecule has 1 aromatic heterocycles. The van der Waals surface area contributed by atoms with Gasteiger partial charge in [-0.25, -0.2) is 0 Å². The van der Waals surface area contributed by atoms with Gasteiger partial charge in [-0.05, 0) is 47.0 Å². The maximum absolute atomic E-state index is 11.4. The number of amides is 1. The van der Waals surface area contributed by atoms with Crippen LogP contribution in [0.25, 0.3) is 0 Å². The molecule has 0 aliphatic carbocycles. The zero-order valence-corrected chi connectivity index (χ0v) is 12.3. The van der Waals surface area contributed by atoms with Gasteiger partial charge in [-0.15, -0.1) is 11.3 Å². The van der Waals surface area contributed by atoms with Crippen LogP contribution in [0.1, 0.15) is 41.0 Å². The summed E-state index contributed by atoms with van der Waals surface area (Å²) in [6.07, 6.45) is 2.37. The van der Waals surface area contributed by atoms with E-state index in [9.17, 15) is 4.79 Å². The Bertz CT molecular complexity index is 648. The van der Waals surface area contributed by atoms with Crippen LogP contribution < -0.4 is 11.1 Å². The van der Waals surface area contributed by atoms with E-state index >= 15 is 0 Å². The molecule has 1 aliphatic rings. The lowest BCUT2D eigenvalue weighted by Gasteiger charge is -2.20. The zero-order chi connectivity index (χ0) is 14.1. The first-order valence-corrected chi connectivity index (χ1v) is 7.81. The van der Waals surface area contributed by atoms with Crippen LogP contribution in [0.15, 0.2) is 29.6 Å². The average Bonchev–Trinajstić information content (AvgIpc) is 2.94. The molecule has 0 spiro atoms. The second-order valence-corrected chi connectivity index (χ2v) is 6.05. The second kappa shape index (κ2) is 5.38. The van der Waals surface area contributed by atoms with Crippen LogP contribution in [0.4, 0.5) is 5.69 Å². The average molecular weight is 286 g/mol. The molecule has 0 fully saturated rings. The molecule has 1 atom stereocenters. The molecule has 0 radical (unpaired) electrons. The van der Waals surface area contributed by atoms with Crippen LogP contribution in [0.3, 0.4) is 0 Å². The summed E-state index contributed by atoms with van der Waals surface area (Å²) >= 11 is 1.72. The highest BCUT2D eigenvalue weighted by Gasteiger charge is 2.18. The van der Waals surface area contributed by atoms with Gasteiger partial charge in [-0.3, -0.25) is 4.79 Å². The Morgan fingerprint density at radius 1 is 1.35 bits per heavy atom. The van der Waals surface area contributed by atoms with Gasteiger partial charge in [0.1, 0.15) is 0 Å². The smallest absolute Gasteiger partial charge is 0.224 e. The second-order valence-electron chi connectivity index (χ2n) is 5.11. The van der Waals surface area contributed by atoms with Gasteiger partial charge < -0.3 is 11.1 Å². The largest absolute Gasteiger partial charge is 0.326 e. The van der Waals surface area contributed by atoms with Crippen molar-refractivity contribution in [3.05, 3.63) is 51.2 Å². The first-order chi connectivity index (χ1) is 9.69. The number of nitrogens with one attached hydrogen (secondary N) is 1. The van der Waals surface area contributed by atoms with Crippen molar-refractivity contribution >= 4 is 22.9 Å². The number of thiophene rings is 1. The molecule has 20 heavy (non-hydrogen) atoms. The van der Waals surface area contributed by atoms with Gasteiger partial charge in [0.2, 0.25) is 5.91 Å². The Morgan fingerprint density at radius 2 is 2.20 bits per heavy atom. The van der Waals surface area contributed by atoms with Crippen molar-refractivity contribution in [1.29, 1.82) is 0 Å². The van der Waals surface area contributed by atoms with Crippen molar-refractivity contribution in [3.8, 4) is 0 Å². The Labute approximate surface area is 122 Å². The lowest BCUT2D eigenvalue weighted by Crippen LogP contribution is -2.20. The Balaban J connectivity index is 1.93. The number of carbonyl (C=O) groups excluding carboxylic acids is 1. The monoisotopic (exact) mass is 286 g/mol. The van der Waals surface area contributed by atoms with Crippen molar-refractivity contribution < 1.29 is 4.79 Å². The third kappa shape index (κ3) is 2.37. The number of fused-ring (bicyclic) bond motifs is 1. The number of aryl methyl sites for hydroxylation is 2. The van der Waals surface area contributed by atoms with E-state index in [1.54, 1.807) is 11.3 Å². The highest BCUT2D eigenvalue weighted by atomic mass is 32.1. The van der Waals surface area contributed by atoms with Crippen molar-refractivity contribution in [2.75, 3.05) is 5.32 Å². The quantitative estimate of drug-likeness (QED) is 0.910. The molecular weight excluding hydrogens is 268 g/mol. The lowest BCUT2D eigenvalue weighted by molar-refractivity contribution is -0.116. The van der Waals surface area contributed by atoms with Gasteiger partial charge in [0, 0.05) is 17.0 Å². The first kappa shape index (κ1) is 13.3. The highest BCUT2D eigenvalue weighted by molar-refractivity contribution is 7.10. The molecule has 1 aliphatic heterocycles. The Morgan fingerprint density at radius 3 is 3.00 bits per heavy atom. The number of hydrogen-bond acceptors (Lipinski definition) is 3. The zero-order valence-electron chi connectivity index (χ0n) is 11.5. The molecule has 104 valence electrons. The Hall–Kier alpha value is -1.65. The molecule has 0 saturated carbocycles. The predicted molar refractivity (Wildman–Crippen MR) is 83.1 cm³/mol. The normalized spacial score (nSPS) is 15.6. The van der Waals surface area contributed by atoms with Gasteiger partial charge in [0.25, 0.3) is 0 Å². The number of hydrogen-bond donors (Lipinski definition) is 2. The van der Waals surface area contributed by atoms with E-state index in [0.717, 1.165) is 24.1 Å². The third-order valence-electron chi connectivity index (χ3n) is 3.83. The van der Waals surface area contributed by atoms with E-state index in [-0.39, 0.29) is 11.9 Å². The Kier molecular flexibility index (Phi) is 3.59. The van der Waals surface area contributed by atoms with E-state index < -0.39 is 0 Å². The molecule has 3 rings (SSSR count). The summed E-state index contributed by atoms with van der Waals surface area (Å²) in [6.45, 7) is 2.15. The van der Waals surface area contributed by atoms with E-state index in [2.05, 4.69) is 29.8 Å². The van der Waals surface area contributed by atoms with Crippen LogP contribution in [-0.4, -0.2) is 5.91 Å². The lowest BCUT2D eigenvalue weighted by atomic mass is 9.96. The molecule has 0 bridgehead atoms. The maximum atomic E-state index is 11.4. The number of nitrogens with two attached hydrogens (primary N) is 1. The predicted octanol–water partition coefficient (Wildman–Crippen LogP) is 3.24. The number of anilines is 1. The molecule has 1 unspecified atom stereocenters. The molecular formula is C16H18N2OS. The summed E-state index contributed by atoms with van der Waals surface area (Å²) in [7, 11) is 0. The van der Waals surface area contributed by atoms with E-state index in [1.165, 1.54) is 16.0 Å². The molecule has 2 aromatic rings. The summed E-state index contributed by atoms with van der Waals surface area (Å²) in [5, 5.41) is 5.01. The number of rotatable bonds is 3. The number of benzene rings is 1. The fourth-order valence-corrected chi connectivity index (χ4v) is 3.69. The summed E-state index contributed by atoms with van der Waals surface area (Å²) in [5.74, 6) is 0.0982. The molecule has 1 aromatic carbocycles. The van der Waals surface area contributed by atoms with E-state index in [4.69, 9.17) is 5.73 Å². The first-order valence-electron chi connectivity index (χ1n) is 6.93. The van der Waals surface area contributed by atoms with Gasteiger partial charge in [-0.1, -0.05) is 19.1 Å². The van der Waals surface area contributed by atoms with E-state index in [0.29, 0.717) is 6.42 Å². The highest BCUT2D eigenvalue weighted by Crippen LogP contribution is 2.31. The van der Waals surface area contributed by atoms with Crippen molar-refractivity contribution in [2.45, 2.75) is 32.2 Å². The fraction of sp³-hybridized carbons (Fsp3) is 0.312. The molecule has 1 amide bonds. The van der Waals surface area contributed by atoms with E-state index in [1.807, 2.05) is 12.1 Å². The summed E-state index contributed by atoms with van der Waals surface area (Å²) < 4.78 is 0. The van der Waals surface area contributed by atoms with Crippen molar-refractivity contribution in [3.63, 3.8) is 0 Å². The van der Waals surface area contributed by atoms with Gasteiger partial charge in [0.15, 0.2) is 0 Å². The van der Waals surface area contributed by atoms with Gasteiger partial charge in [-0.2, -0.15) is 0 Å². The SMILES string of the molecule is CCc1ccsc1C(N)c1ccc2c(c1)CCC(=O)N2. The van der Waals surface area contributed by atoms with Crippen LogP contribution in [0.2, 0.25) is 0 Å². The summed E-state index contributed by atoms with van der Waals surface area (Å²) in [4.78, 5) is 12.6. The summed E-state index contributed by atoms with van der Waals surface area (Å²) in [5.41, 5.74) is 11.0. The van der Waals surface area contributed by atoms with Crippen LogP contribution in [0.5, 0.6) is 0 Å². The fourth-order valence-electron chi connectivity index (χ4n) is 2.66. The third-order valence-corrected chi connectivity index (χ3v) is 4.87. The number of carbonyl (C=O) groups is 1. The van der Waals surface area contributed by atoms with Gasteiger partial charge >= 0.3 is 0 Å². The van der Waals surface area contributed by atoms with Crippen LogP contribution in [0, 0.1) is 0 Å². The van der Waals surface area contributed by atoms with Crippen LogP contribution >= 0.6 is 11.3 Å². The molecule has 3 nitrogen and oxygen atoms in total. The minimum Gasteiger partial charge on any atom is -0.326 e. The minimum absolute atomic E-state index is 0.0760. The summed E-state index contributed by atoms with van der Waals surface area (Å²) in [6, 6.07) is 8.21.